The summed E-state index contributed by atoms with van der Waals surface area (Å²) in [5.74, 6) is -0.371. The number of urea groups is 1. The number of hydrogen-bond donors (Lipinski definition) is 2. The largest absolute Gasteiger partial charge is 0.462 e. The van der Waals surface area contributed by atoms with Crippen molar-refractivity contribution in [2.75, 3.05) is 36.5 Å². The number of anilines is 2. The molecule has 27 heavy (non-hydrogen) atoms. The molecule has 0 spiro atoms. The van der Waals surface area contributed by atoms with E-state index >= 15 is 0 Å². The molecule has 0 saturated carbocycles. The van der Waals surface area contributed by atoms with Gasteiger partial charge < -0.3 is 20.3 Å². The number of nitrogens with zero attached hydrogens (tertiary/aromatic N) is 1. The van der Waals surface area contributed by atoms with Crippen molar-refractivity contribution < 1.29 is 14.3 Å². The topological polar surface area (TPSA) is 70.7 Å². The number of hydrogen-bond acceptors (Lipinski definition) is 4. The molecule has 0 atom stereocenters. The molecule has 0 unspecified atom stereocenters. The number of benzene rings is 2. The van der Waals surface area contributed by atoms with E-state index in [9.17, 15) is 9.59 Å². The highest BCUT2D eigenvalue weighted by atomic mass is 16.5. The first-order valence-corrected chi connectivity index (χ1v) is 9.17. The van der Waals surface area contributed by atoms with Crippen molar-refractivity contribution in [2.45, 2.75) is 20.8 Å². The Morgan fingerprint density at radius 1 is 1.07 bits per heavy atom. The first kappa shape index (κ1) is 20.3. The van der Waals surface area contributed by atoms with Gasteiger partial charge in [-0.25, -0.2) is 9.59 Å². The van der Waals surface area contributed by atoms with E-state index in [1.807, 2.05) is 6.07 Å². The van der Waals surface area contributed by atoms with Crippen LogP contribution in [0.3, 0.4) is 0 Å². The number of aryl methyl sites for hydroxylation is 1. The van der Waals surface area contributed by atoms with Gasteiger partial charge in [-0.3, -0.25) is 0 Å². The molecule has 0 saturated heterocycles. The van der Waals surface area contributed by atoms with E-state index in [0.717, 1.165) is 18.8 Å². The second-order valence-electron chi connectivity index (χ2n) is 6.10. The van der Waals surface area contributed by atoms with Crippen molar-refractivity contribution in [1.29, 1.82) is 0 Å². The molecule has 0 heterocycles. The fraction of sp³-hybridized carbons (Fsp3) is 0.333. The summed E-state index contributed by atoms with van der Waals surface area (Å²) in [5, 5.41) is 5.61. The summed E-state index contributed by atoms with van der Waals surface area (Å²) in [5.41, 5.74) is 3.43. The number of esters is 1. The highest BCUT2D eigenvalue weighted by Gasteiger charge is 2.08. The van der Waals surface area contributed by atoms with Gasteiger partial charge in [0.25, 0.3) is 0 Å². The number of carbonyl (C=O) groups excluding carboxylic acids is 2. The lowest BCUT2D eigenvalue weighted by molar-refractivity contribution is 0.0526. The van der Waals surface area contributed by atoms with Crippen LogP contribution in [0.25, 0.3) is 0 Å². The number of amides is 2. The molecule has 0 aliphatic rings. The molecule has 2 rings (SSSR count). The van der Waals surface area contributed by atoms with Crippen LogP contribution < -0.4 is 15.5 Å². The predicted molar refractivity (Wildman–Crippen MR) is 108 cm³/mol. The monoisotopic (exact) mass is 369 g/mol. The number of nitrogens with one attached hydrogen (secondary N) is 2. The summed E-state index contributed by atoms with van der Waals surface area (Å²) in [6.45, 7) is 8.35. The van der Waals surface area contributed by atoms with Crippen LogP contribution in [-0.4, -0.2) is 38.2 Å². The van der Waals surface area contributed by atoms with Gasteiger partial charge in [-0.1, -0.05) is 12.1 Å². The summed E-state index contributed by atoms with van der Waals surface area (Å²) < 4.78 is 4.94. The normalized spacial score (nSPS) is 10.2. The minimum absolute atomic E-state index is 0.279. The third-order valence-corrected chi connectivity index (χ3v) is 4.07. The Balaban J connectivity index is 1.81. The number of ether oxygens (including phenoxy) is 1. The van der Waals surface area contributed by atoms with Gasteiger partial charge in [-0.05, 0) is 62.7 Å². The maximum Gasteiger partial charge on any atom is 0.338 e. The summed E-state index contributed by atoms with van der Waals surface area (Å²) in [6, 6.07) is 14.6. The lowest BCUT2D eigenvalue weighted by Crippen LogP contribution is -2.37. The highest BCUT2D eigenvalue weighted by Crippen LogP contribution is 2.15. The second kappa shape index (κ2) is 10.2. The molecule has 0 radical (unpaired) electrons. The zero-order valence-electron chi connectivity index (χ0n) is 16.1. The molecule has 2 aromatic carbocycles. The van der Waals surface area contributed by atoms with Crippen LogP contribution in [0, 0.1) is 6.92 Å². The summed E-state index contributed by atoms with van der Waals surface area (Å²) in [7, 11) is 0. The average Bonchev–Trinajstić information content (AvgIpc) is 2.66. The van der Waals surface area contributed by atoms with Crippen LogP contribution in [-0.2, 0) is 4.74 Å². The van der Waals surface area contributed by atoms with E-state index in [1.165, 1.54) is 5.56 Å². The summed E-state index contributed by atoms with van der Waals surface area (Å²) in [6.07, 6.45) is 0. The molecule has 6 heteroatoms. The van der Waals surface area contributed by atoms with Crippen molar-refractivity contribution in [1.82, 2.24) is 5.32 Å². The van der Waals surface area contributed by atoms with E-state index in [2.05, 4.69) is 47.6 Å². The fourth-order valence-electron chi connectivity index (χ4n) is 2.68. The molecule has 6 nitrogen and oxygen atoms in total. The first-order valence-electron chi connectivity index (χ1n) is 9.17. The molecule has 0 aliphatic heterocycles. The summed E-state index contributed by atoms with van der Waals surface area (Å²) >= 11 is 0. The van der Waals surface area contributed by atoms with Gasteiger partial charge in [-0.2, -0.15) is 0 Å². The molecule has 0 aromatic heterocycles. The number of likely N-dealkylation sites (N-methyl/N-ethyl adjacent to an activating group) is 1. The fourth-order valence-corrected chi connectivity index (χ4v) is 2.68. The van der Waals surface area contributed by atoms with Crippen LogP contribution in [0.1, 0.15) is 29.8 Å². The minimum atomic E-state index is -0.371. The third kappa shape index (κ3) is 6.33. The standard InChI is InChI=1S/C21H27N3O3/c1-4-24(19-8-6-7-16(3)15-19)14-13-22-21(26)23-18-11-9-17(10-12-18)20(25)27-5-2/h6-12,15H,4-5,13-14H2,1-3H3,(H2,22,23,26). The smallest absolute Gasteiger partial charge is 0.338 e. The van der Waals surface area contributed by atoms with Gasteiger partial charge in [0.05, 0.1) is 12.2 Å². The van der Waals surface area contributed by atoms with Gasteiger partial charge in [0.1, 0.15) is 0 Å². The quantitative estimate of drug-likeness (QED) is 0.694. The Hall–Kier alpha value is -3.02. The summed E-state index contributed by atoms with van der Waals surface area (Å²) in [4.78, 5) is 25.9. The molecule has 0 fully saturated rings. The van der Waals surface area contributed by atoms with E-state index < -0.39 is 0 Å². The van der Waals surface area contributed by atoms with E-state index in [0.29, 0.717) is 24.4 Å². The zero-order chi connectivity index (χ0) is 19.6. The van der Waals surface area contributed by atoms with Gasteiger partial charge >= 0.3 is 12.0 Å². The highest BCUT2D eigenvalue weighted by molar-refractivity contribution is 5.92. The molecule has 0 aliphatic carbocycles. The molecule has 144 valence electrons. The van der Waals surface area contributed by atoms with E-state index in [-0.39, 0.29) is 12.0 Å². The van der Waals surface area contributed by atoms with Crippen molar-refractivity contribution in [2.24, 2.45) is 0 Å². The molecule has 2 aromatic rings. The predicted octanol–water partition coefficient (Wildman–Crippen LogP) is 3.82. The Morgan fingerprint density at radius 2 is 1.81 bits per heavy atom. The Labute approximate surface area is 160 Å². The third-order valence-electron chi connectivity index (χ3n) is 4.07. The van der Waals surface area contributed by atoms with Crippen LogP contribution in [0.15, 0.2) is 48.5 Å². The minimum Gasteiger partial charge on any atom is -0.462 e. The molecule has 0 bridgehead atoms. The Kier molecular flexibility index (Phi) is 7.67. The maximum atomic E-state index is 12.1. The zero-order valence-corrected chi connectivity index (χ0v) is 16.1. The van der Waals surface area contributed by atoms with Gasteiger partial charge in [0.15, 0.2) is 0 Å². The van der Waals surface area contributed by atoms with Gasteiger partial charge in [-0.15, -0.1) is 0 Å². The lowest BCUT2D eigenvalue weighted by atomic mass is 10.2. The molecule has 2 N–H and O–H groups in total. The van der Waals surface area contributed by atoms with Crippen LogP contribution >= 0.6 is 0 Å². The van der Waals surface area contributed by atoms with Gasteiger partial charge in [0.2, 0.25) is 0 Å². The maximum absolute atomic E-state index is 12.1. The van der Waals surface area contributed by atoms with Crippen LogP contribution in [0.5, 0.6) is 0 Å². The average molecular weight is 369 g/mol. The van der Waals surface area contributed by atoms with Gasteiger partial charge in [0, 0.05) is 31.0 Å². The SMILES string of the molecule is CCOC(=O)c1ccc(NC(=O)NCCN(CC)c2cccc(C)c2)cc1. The Morgan fingerprint density at radius 3 is 2.44 bits per heavy atom. The number of carbonyl (C=O) groups is 2. The van der Waals surface area contributed by atoms with E-state index in [1.54, 1.807) is 31.2 Å². The Bertz CT molecular complexity index is 760. The van der Waals surface area contributed by atoms with Crippen molar-refractivity contribution in [3.63, 3.8) is 0 Å². The lowest BCUT2D eigenvalue weighted by Gasteiger charge is -2.23. The van der Waals surface area contributed by atoms with Crippen molar-refractivity contribution in [3.05, 3.63) is 59.7 Å². The first-order chi connectivity index (χ1) is 13.0. The molecular weight excluding hydrogens is 342 g/mol. The molecule has 2 amide bonds. The second-order valence-corrected chi connectivity index (χ2v) is 6.10. The van der Waals surface area contributed by atoms with Crippen molar-refractivity contribution >= 4 is 23.4 Å². The van der Waals surface area contributed by atoms with Crippen molar-refractivity contribution in [3.8, 4) is 0 Å². The van der Waals surface area contributed by atoms with E-state index in [4.69, 9.17) is 4.74 Å². The number of rotatable bonds is 8. The molecular formula is C21H27N3O3. The van der Waals surface area contributed by atoms with Crippen LogP contribution in [0.2, 0.25) is 0 Å². The van der Waals surface area contributed by atoms with Crippen LogP contribution in [0.4, 0.5) is 16.2 Å².